The maximum absolute atomic E-state index is 11.8. The Kier molecular flexibility index (Phi) is 5.49. The van der Waals surface area contributed by atoms with E-state index in [-0.39, 0.29) is 11.7 Å². The van der Waals surface area contributed by atoms with Gasteiger partial charge in [0, 0.05) is 13.6 Å². The Hall–Kier alpha value is -1.55. The van der Waals surface area contributed by atoms with E-state index in [1.807, 2.05) is 13.1 Å². The molecule has 4 heteroatoms. The van der Waals surface area contributed by atoms with Crippen molar-refractivity contribution < 1.29 is 9.90 Å². The highest BCUT2D eigenvalue weighted by Crippen LogP contribution is 2.11. The van der Waals surface area contributed by atoms with Gasteiger partial charge in [-0.3, -0.25) is 4.79 Å². The minimum Gasteiger partial charge on any atom is -0.508 e. The van der Waals surface area contributed by atoms with E-state index in [0.29, 0.717) is 6.42 Å². The lowest BCUT2D eigenvalue weighted by molar-refractivity contribution is -0.129. The Balaban J connectivity index is 2.43. The van der Waals surface area contributed by atoms with Crippen molar-refractivity contribution in [2.24, 2.45) is 0 Å². The summed E-state index contributed by atoms with van der Waals surface area (Å²) in [7, 11) is 3.70. The lowest BCUT2D eigenvalue weighted by Crippen LogP contribution is -2.30. The molecule has 0 unspecified atom stereocenters. The number of nitrogens with one attached hydrogen (secondary N) is 1. The zero-order valence-corrected chi connectivity index (χ0v) is 10.4. The van der Waals surface area contributed by atoms with E-state index in [4.69, 9.17) is 0 Å². The molecule has 0 aliphatic heterocycles. The highest BCUT2D eigenvalue weighted by Gasteiger charge is 2.09. The smallest absolute Gasteiger partial charge is 0.226 e. The summed E-state index contributed by atoms with van der Waals surface area (Å²) in [5.74, 6) is 0.278. The molecule has 0 aliphatic carbocycles. The highest BCUT2D eigenvalue weighted by molar-refractivity contribution is 5.78. The first-order valence-electron chi connectivity index (χ1n) is 5.80. The van der Waals surface area contributed by atoms with Crippen LogP contribution in [-0.2, 0) is 11.2 Å². The zero-order chi connectivity index (χ0) is 12.7. The van der Waals surface area contributed by atoms with E-state index in [9.17, 15) is 9.90 Å². The van der Waals surface area contributed by atoms with Crippen molar-refractivity contribution in [2.45, 2.75) is 12.8 Å². The van der Waals surface area contributed by atoms with Gasteiger partial charge in [-0.15, -0.1) is 0 Å². The second-order valence-electron chi connectivity index (χ2n) is 4.12. The topological polar surface area (TPSA) is 52.6 Å². The normalized spacial score (nSPS) is 10.2. The Morgan fingerprint density at radius 2 is 2.24 bits per heavy atom. The molecule has 0 saturated carbocycles. The Bertz CT molecular complexity index is 366. The first-order chi connectivity index (χ1) is 8.13. The number of nitrogens with zero attached hydrogens (tertiary/aromatic N) is 1. The summed E-state index contributed by atoms with van der Waals surface area (Å²) in [6.07, 6.45) is 1.28. The van der Waals surface area contributed by atoms with Crippen molar-refractivity contribution >= 4 is 5.91 Å². The Labute approximate surface area is 102 Å². The molecule has 0 aromatic heterocycles. The summed E-state index contributed by atoms with van der Waals surface area (Å²) in [5.41, 5.74) is 0.843. The van der Waals surface area contributed by atoms with Crippen molar-refractivity contribution in [3.63, 3.8) is 0 Å². The van der Waals surface area contributed by atoms with Crippen LogP contribution in [0.2, 0.25) is 0 Å². The highest BCUT2D eigenvalue weighted by atomic mass is 16.3. The van der Waals surface area contributed by atoms with E-state index < -0.39 is 0 Å². The fraction of sp³-hybridized carbons (Fsp3) is 0.462. The average molecular weight is 236 g/mol. The predicted octanol–water partition coefficient (Wildman–Crippen LogP) is 1.00. The molecule has 0 saturated heterocycles. The van der Waals surface area contributed by atoms with Crippen LogP contribution in [0.1, 0.15) is 12.0 Å². The molecule has 17 heavy (non-hydrogen) atoms. The average Bonchev–Trinajstić information content (AvgIpc) is 2.29. The minimum atomic E-state index is 0.0757. The van der Waals surface area contributed by atoms with Gasteiger partial charge in [0.1, 0.15) is 5.75 Å². The van der Waals surface area contributed by atoms with Gasteiger partial charge in [0.15, 0.2) is 0 Å². The number of rotatable bonds is 6. The van der Waals surface area contributed by atoms with Crippen molar-refractivity contribution in [3.05, 3.63) is 29.8 Å². The third-order valence-electron chi connectivity index (χ3n) is 2.61. The number of benzene rings is 1. The van der Waals surface area contributed by atoms with Gasteiger partial charge < -0.3 is 15.3 Å². The molecule has 1 rings (SSSR count). The maximum atomic E-state index is 11.8. The lowest BCUT2D eigenvalue weighted by Gasteiger charge is -2.17. The van der Waals surface area contributed by atoms with Crippen molar-refractivity contribution in [3.8, 4) is 5.75 Å². The molecule has 0 spiro atoms. The van der Waals surface area contributed by atoms with E-state index >= 15 is 0 Å². The molecular weight excluding hydrogens is 216 g/mol. The van der Waals surface area contributed by atoms with Crippen LogP contribution in [0.5, 0.6) is 5.75 Å². The van der Waals surface area contributed by atoms with Crippen molar-refractivity contribution in [1.29, 1.82) is 0 Å². The number of phenols is 1. The minimum absolute atomic E-state index is 0.0757. The monoisotopic (exact) mass is 236 g/mol. The number of aromatic hydroxyl groups is 1. The lowest BCUT2D eigenvalue weighted by atomic mass is 10.1. The van der Waals surface area contributed by atoms with Gasteiger partial charge in [0.25, 0.3) is 0 Å². The zero-order valence-electron chi connectivity index (χ0n) is 10.4. The van der Waals surface area contributed by atoms with Gasteiger partial charge in [-0.2, -0.15) is 0 Å². The van der Waals surface area contributed by atoms with E-state index in [1.54, 1.807) is 30.1 Å². The number of amides is 1. The summed E-state index contributed by atoms with van der Waals surface area (Å²) < 4.78 is 0. The van der Waals surface area contributed by atoms with Crippen molar-refractivity contribution in [2.75, 3.05) is 27.2 Å². The van der Waals surface area contributed by atoms with E-state index in [2.05, 4.69) is 5.32 Å². The molecule has 1 aromatic carbocycles. The number of carbonyl (C=O) groups is 1. The van der Waals surface area contributed by atoms with Gasteiger partial charge in [-0.1, -0.05) is 12.1 Å². The van der Waals surface area contributed by atoms with Gasteiger partial charge in [0.05, 0.1) is 6.42 Å². The SMILES string of the molecule is CNCCCN(C)C(=O)Cc1cccc(O)c1. The van der Waals surface area contributed by atoms with Crippen molar-refractivity contribution in [1.82, 2.24) is 10.2 Å². The molecule has 0 aliphatic rings. The van der Waals surface area contributed by atoms with Crippen LogP contribution >= 0.6 is 0 Å². The van der Waals surface area contributed by atoms with Gasteiger partial charge >= 0.3 is 0 Å². The molecule has 0 atom stereocenters. The van der Waals surface area contributed by atoms with Crippen LogP contribution in [0.25, 0.3) is 0 Å². The molecule has 0 fully saturated rings. The molecule has 1 amide bonds. The fourth-order valence-electron chi connectivity index (χ4n) is 1.59. The largest absolute Gasteiger partial charge is 0.508 e. The van der Waals surface area contributed by atoms with E-state index in [0.717, 1.165) is 25.1 Å². The number of carbonyl (C=O) groups excluding carboxylic acids is 1. The summed E-state index contributed by atoms with van der Waals surface area (Å²) >= 11 is 0. The number of hydrogen-bond donors (Lipinski definition) is 2. The number of likely N-dealkylation sites (N-methyl/N-ethyl adjacent to an activating group) is 1. The summed E-state index contributed by atoms with van der Waals surface area (Å²) in [4.78, 5) is 13.6. The van der Waals surface area contributed by atoms with Gasteiger partial charge in [0.2, 0.25) is 5.91 Å². The van der Waals surface area contributed by atoms with E-state index in [1.165, 1.54) is 0 Å². The summed E-state index contributed by atoms with van der Waals surface area (Å²) in [6.45, 7) is 1.65. The Morgan fingerprint density at radius 1 is 1.47 bits per heavy atom. The molecule has 1 aromatic rings. The quantitative estimate of drug-likeness (QED) is 0.725. The maximum Gasteiger partial charge on any atom is 0.226 e. The first kappa shape index (κ1) is 13.5. The number of phenolic OH excluding ortho intramolecular Hbond substituents is 1. The molecule has 94 valence electrons. The summed E-state index contributed by atoms with van der Waals surface area (Å²) in [5, 5.41) is 12.4. The molecule has 2 N–H and O–H groups in total. The Morgan fingerprint density at radius 3 is 2.88 bits per heavy atom. The van der Waals surface area contributed by atoms with Crippen LogP contribution in [-0.4, -0.2) is 43.1 Å². The molecular formula is C13H20N2O2. The standard InChI is InChI=1S/C13H20N2O2/c1-14-7-4-8-15(2)13(17)10-11-5-3-6-12(16)9-11/h3,5-6,9,14,16H,4,7-8,10H2,1-2H3. The summed E-state index contributed by atoms with van der Waals surface area (Å²) in [6, 6.07) is 6.82. The molecule has 4 nitrogen and oxygen atoms in total. The van der Waals surface area contributed by atoms with Crippen LogP contribution < -0.4 is 5.32 Å². The number of hydrogen-bond acceptors (Lipinski definition) is 3. The second-order valence-corrected chi connectivity index (χ2v) is 4.12. The third-order valence-corrected chi connectivity index (χ3v) is 2.61. The molecule has 0 radical (unpaired) electrons. The van der Waals surface area contributed by atoms with Gasteiger partial charge in [-0.25, -0.2) is 0 Å². The van der Waals surface area contributed by atoms with Crippen LogP contribution in [0.4, 0.5) is 0 Å². The molecule has 0 bridgehead atoms. The van der Waals surface area contributed by atoms with Gasteiger partial charge in [-0.05, 0) is 37.7 Å². The first-order valence-corrected chi connectivity index (χ1v) is 5.80. The third kappa shape index (κ3) is 4.87. The second kappa shape index (κ2) is 6.91. The van der Waals surface area contributed by atoms with Crippen LogP contribution in [0, 0.1) is 0 Å². The van der Waals surface area contributed by atoms with Crippen LogP contribution in [0.3, 0.4) is 0 Å². The van der Waals surface area contributed by atoms with Crippen LogP contribution in [0.15, 0.2) is 24.3 Å². The predicted molar refractivity (Wildman–Crippen MR) is 68.0 cm³/mol. The fourth-order valence-corrected chi connectivity index (χ4v) is 1.59. The molecule has 0 heterocycles.